The molecule has 1 fully saturated rings. The molecule has 0 unspecified atom stereocenters. The van der Waals surface area contributed by atoms with Crippen molar-refractivity contribution in [3.8, 4) is 5.75 Å². The number of benzene rings is 1. The summed E-state index contributed by atoms with van der Waals surface area (Å²) >= 11 is 0. The van der Waals surface area contributed by atoms with Crippen LogP contribution in [0.25, 0.3) is 0 Å². The SMILES string of the molecule is COC(=O)c1ccccc1O[C@H]1O[C@@H](CO)[C@H](O)[C@@H](O)[C@@H]1O. The fraction of sp³-hybridized carbons (Fsp3) is 0.500. The van der Waals surface area contributed by atoms with Gasteiger partial charge < -0.3 is 34.6 Å². The first kappa shape index (κ1) is 16.7. The number of hydrogen-bond acceptors (Lipinski definition) is 8. The van der Waals surface area contributed by atoms with E-state index in [1.54, 1.807) is 12.1 Å². The minimum absolute atomic E-state index is 0.0821. The van der Waals surface area contributed by atoms with E-state index in [1.165, 1.54) is 19.2 Å². The smallest absolute Gasteiger partial charge is 0.341 e. The highest BCUT2D eigenvalue weighted by Crippen LogP contribution is 2.26. The third-order valence-corrected chi connectivity index (χ3v) is 3.38. The Kier molecular flexibility index (Phi) is 5.33. The predicted octanol–water partition coefficient (Wildman–Crippen LogP) is -1.35. The van der Waals surface area contributed by atoms with Crippen LogP contribution in [0, 0.1) is 0 Å². The summed E-state index contributed by atoms with van der Waals surface area (Å²) in [6.45, 7) is -0.566. The second-order valence-electron chi connectivity index (χ2n) is 4.80. The molecule has 1 aromatic rings. The maximum absolute atomic E-state index is 11.7. The van der Waals surface area contributed by atoms with Crippen LogP contribution in [-0.4, -0.2) is 70.8 Å². The summed E-state index contributed by atoms with van der Waals surface area (Å²) in [6.07, 6.45) is -7.03. The lowest BCUT2D eigenvalue weighted by molar-refractivity contribution is -0.277. The molecule has 8 nitrogen and oxygen atoms in total. The lowest BCUT2D eigenvalue weighted by Crippen LogP contribution is -2.60. The van der Waals surface area contributed by atoms with E-state index in [4.69, 9.17) is 14.6 Å². The number of hydrogen-bond donors (Lipinski definition) is 4. The molecule has 1 aliphatic heterocycles. The first-order valence-electron chi connectivity index (χ1n) is 6.64. The second-order valence-corrected chi connectivity index (χ2v) is 4.80. The van der Waals surface area contributed by atoms with E-state index in [1.807, 2.05) is 0 Å². The largest absolute Gasteiger partial charge is 0.465 e. The molecule has 0 aromatic heterocycles. The van der Waals surface area contributed by atoms with Crippen molar-refractivity contribution in [3.63, 3.8) is 0 Å². The summed E-state index contributed by atoms with van der Waals surface area (Å²) < 4.78 is 15.3. The number of esters is 1. The Morgan fingerprint density at radius 2 is 1.86 bits per heavy atom. The van der Waals surface area contributed by atoms with Crippen molar-refractivity contribution < 1.29 is 39.4 Å². The number of carbonyl (C=O) groups is 1. The molecule has 22 heavy (non-hydrogen) atoms. The van der Waals surface area contributed by atoms with Gasteiger partial charge in [-0.1, -0.05) is 12.1 Å². The molecular formula is C14H18O8. The van der Waals surface area contributed by atoms with Crippen LogP contribution >= 0.6 is 0 Å². The molecule has 1 heterocycles. The average molecular weight is 314 g/mol. The molecule has 0 bridgehead atoms. The van der Waals surface area contributed by atoms with Crippen molar-refractivity contribution in [3.05, 3.63) is 29.8 Å². The van der Waals surface area contributed by atoms with Gasteiger partial charge in [-0.2, -0.15) is 0 Å². The standard InChI is InChI=1S/C14H18O8/c1-20-13(19)7-4-2-3-5-8(7)21-14-12(18)11(17)10(16)9(6-15)22-14/h2-5,9-12,14-18H,6H2,1H3/t9-,10-,11+,12-,14-/m0/s1. The quantitative estimate of drug-likeness (QED) is 0.503. The molecule has 8 heteroatoms. The van der Waals surface area contributed by atoms with Gasteiger partial charge in [-0.15, -0.1) is 0 Å². The first-order chi connectivity index (χ1) is 10.5. The van der Waals surface area contributed by atoms with Crippen LogP contribution in [-0.2, 0) is 9.47 Å². The Morgan fingerprint density at radius 1 is 1.18 bits per heavy atom. The number of para-hydroxylation sites is 1. The number of methoxy groups -OCH3 is 1. The molecule has 122 valence electrons. The number of carbonyl (C=O) groups excluding carboxylic acids is 1. The van der Waals surface area contributed by atoms with E-state index in [-0.39, 0.29) is 11.3 Å². The van der Waals surface area contributed by atoms with Gasteiger partial charge in [0.15, 0.2) is 0 Å². The summed E-state index contributed by atoms with van der Waals surface area (Å²) in [5, 5.41) is 38.4. The van der Waals surface area contributed by atoms with E-state index in [2.05, 4.69) is 4.74 Å². The molecule has 1 saturated heterocycles. The van der Waals surface area contributed by atoms with E-state index in [0.717, 1.165) is 0 Å². The van der Waals surface area contributed by atoms with Crippen molar-refractivity contribution in [2.45, 2.75) is 30.7 Å². The lowest BCUT2D eigenvalue weighted by atomic mass is 9.99. The Labute approximate surface area is 126 Å². The Morgan fingerprint density at radius 3 is 2.50 bits per heavy atom. The maximum Gasteiger partial charge on any atom is 0.341 e. The van der Waals surface area contributed by atoms with Crippen LogP contribution in [0.15, 0.2) is 24.3 Å². The van der Waals surface area contributed by atoms with Crippen molar-refractivity contribution >= 4 is 5.97 Å². The Bertz CT molecular complexity index is 517. The number of rotatable bonds is 4. The van der Waals surface area contributed by atoms with Gasteiger partial charge in [0, 0.05) is 0 Å². The molecule has 0 aliphatic carbocycles. The fourth-order valence-corrected chi connectivity index (χ4v) is 2.14. The molecule has 0 radical (unpaired) electrons. The molecular weight excluding hydrogens is 296 g/mol. The van der Waals surface area contributed by atoms with E-state index >= 15 is 0 Å². The first-order valence-corrected chi connectivity index (χ1v) is 6.64. The van der Waals surface area contributed by atoms with Crippen molar-refractivity contribution in [2.24, 2.45) is 0 Å². The predicted molar refractivity (Wildman–Crippen MR) is 72.2 cm³/mol. The highest BCUT2D eigenvalue weighted by atomic mass is 16.7. The lowest BCUT2D eigenvalue weighted by Gasteiger charge is -2.39. The minimum Gasteiger partial charge on any atom is -0.465 e. The van der Waals surface area contributed by atoms with Gasteiger partial charge in [0.1, 0.15) is 35.7 Å². The summed E-state index contributed by atoms with van der Waals surface area (Å²) in [5.74, 6) is -0.557. The van der Waals surface area contributed by atoms with Gasteiger partial charge in [-0.05, 0) is 12.1 Å². The summed E-state index contributed by atoms with van der Waals surface area (Å²) in [7, 11) is 1.22. The highest BCUT2D eigenvalue weighted by molar-refractivity contribution is 5.92. The molecule has 0 saturated carbocycles. The maximum atomic E-state index is 11.7. The molecule has 1 aliphatic rings. The number of aliphatic hydroxyl groups excluding tert-OH is 4. The van der Waals surface area contributed by atoms with Gasteiger partial charge in [0.05, 0.1) is 13.7 Å². The molecule has 0 amide bonds. The molecule has 1 aromatic carbocycles. The normalized spacial score (nSPS) is 31.6. The Hall–Kier alpha value is -1.71. The monoisotopic (exact) mass is 314 g/mol. The molecule has 0 spiro atoms. The van der Waals surface area contributed by atoms with Gasteiger partial charge in [-0.25, -0.2) is 4.79 Å². The highest BCUT2D eigenvalue weighted by Gasteiger charge is 2.44. The zero-order valence-electron chi connectivity index (χ0n) is 11.8. The van der Waals surface area contributed by atoms with E-state index in [9.17, 15) is 20.1 Å². The molecule has 2 rings (SSSR count). The van der Waals surface area contributed by atoms with Gasteiger partial charge >= 0.3 is 5.97 Å². The molecule has 5 atom stereocenters. The third kappa shape index (κ3) is 3.21. The van der Waals surface area contributed by atoms with Crippen molar-refractivity contribution in [1.29, 1.82) is 0 Å². The van der Waals surface area contributed by atoms with Crippen LogP contribution < -0.4 is 4.74 Å². The molecule has 4 N–H and O–H groups in total. The average Bonchev–Trinajstić information content (AvgIpc) is 2.55. The van der Waals surface area contributed by atoms with Crippen LogP contribution in [0.4, 0.5) is 0 Å². The fourth-order valence-electron chi connectivity index (χ4n) is 2.14. The van der Waals surface area contributed by atoms with Crippen molar-refractivity contribution in [2.75, 3.05) is 13.7 Å². The summed E-state index contributed by atoms with van der Waals surface area (Å²) in [5.41, 5.74) is 0.113. The van der Waals surface area contributed by atoms with Crippen LogP contribution in [0.1, 0.15) is 10.4 Å². The second kappa shape index (κ2) is 7.03. The van der Waals surface area contributed by atoms with Crippen LogP contribution in [0.3, 0.4) is 0 Å². The Balaban J connectivity index is 2.21. The van der Waals surface area contributed by atoms with Gasteiger partial charge in [0.2, 0.25) is 6.29 Å². The van der Waals surface area contributed by atoms with E-state index < -0.39 is 43.3 Å². The number of aliphatic hydroxyl groups is 4. The zero-order valence-corrected chi connectivity index (χ0v) is 11.8. The third-order valence-electron chi connectivity index (χ3n) is 3.38. The van der Waals surface area contributed by atoms with Crippen LogP contribution in [0.2, 0.25) is 0 Å². The topological polar surface area (TPSA) is 126 Å². The summed E-state index contributed by atoms with van der Waals surface area (Å²) in [4.78, 5) is 11.7. The van der Waals surface area contributed by atoms with Gasteiger partial charge in [0.25, 0.3) is 0 Å². The van der Waals surface area contributed by atoms with Crippen LogP contribution in [0.5, 0.6) is 5.75 Å². The van der Waals surface area contributed by atoms with Gasteiger partial charge in [-0.3, -0.25) is 0 Å². The van der Waals surface area contributed by atoms with Crippen molar-refractivity contribution in [1.82, 2.24) is 0 Å². The van der Waals surface area contributed by atoms with E-state index in [0.29, 0.717) is 0 Å². The number of ether oxygens (including phenoxy) is 3. The zero-order chi connectivity index (χ0) is 16.3. The summed E-state index contributed by atoms with van der Waals surface area (Å²) in [6, 6.07) is 6.14. The minimum atomic E-state index is -1.55.